The first-order valence-corrected chi connectivity index (χ1v) is 7.13. The molecular weight excluding hydrogens is 278 g/mol. The van der Waals surface area contributed by atoms with Crippen LogP contribution in [-0.2, 0) is 9.53 Å². The fourth-order valence-corrected chi connectivity index (χ4v) is 2.87. The first kappa shape index (κ1) is 12.9. The molecule has 1 amide bonds. The number of hydrogen-bond donors (Lipinski definition) is 1. The van der Waals surface area contributed by atoms with Crippen LogP contribution in [0.2, 0.25) is 0 Å². The summed E-state index contributed by atoms with van der Waals surface area (Å²) in [6.45, 7) is 0. The highest BCUT2D eigenvalue weighted by Gasteiger charge is 2.31. The molecule has 0 radical (unpaired) electrons. The molecule has 0 unspecified atom stereocenters. The summed E-state index contributed by atoms with van der Waals surface area (Å²) in [6.07, 6.45) is 3.36. The number of methoxy groups -OCH3 is 1. The Morgan fingerprint density at radius 1 is 1.45 bits per heavy atom. The first-order valence-electron chi connectivity index (χ1n) is 6.25. The Bertz CT molecular complexity index is 640. The van der Waals surface area contributed by atoms with Gasteiger partial charge in [0, 0.05) is 16.9 Å². The number of rotatable bonds is 4. The molecule has 1 N–H and O–H groups in total. The Labute approximate surface area is 119 Å². The summed E-state index contributed by atoms with van der Waals surface area (Å²) in [5, 5.41) is 5.11. The van der Waals surface area contributed by atoms with Crippen molar-refractivity contribution in [3.63, 3.8) is 0 Å². The van der Waals surface area contributed by atoms with E-state index in [2.05, 4.69) is 5.32 Å². The molecule has 1 saturated carbocycles. The summed E-state index contributed by atoms with van der Waals surface area (Å²) in [7, 11) is 1.32. The number of ether oxygens (including phenoxy) is 1. The molecule has 5 nitrogen and oxygen atoms in total. The highest BCUT2D eigenvalue weighted by molar-refractivity contribution is 7.15. The second-order valence-corrected chi connectivity index (χ2v) is 5.47. The van der Waals surface area contributed by atoms with Crippen LogP contribution in [0.3, 0.4) is 0 Å². The van der Waals surface area contributed by atoms with Crippen LogP contribution in [0, 0.1) is 5.92 Å². The molecule has 3 rings (SSSR count). The Hall–Kier alpha value is -2.08. The average Bonchev–Trinajstić information content (AvgIpc) is 3.01. The van der Waals surface area contributed by atoms with E-state index in [1.165, 1.54) is 24.7 Å². The predicted molar refractivity (Wildman–Crippen MR) is 74.7 cm³/mol. The Balaban J connectivity index is 1.97. The van der Waals surface area contributed by atoms with Gasteiger partial charge in [0.1, 0.15) is 16.3 Å². The summed E-state index contributed by atoms with van der Waals surface area (Å²) < 4.78 is 10.1. The topological polar surface area (TPSA) is 68.5 Å². The maximum absolute atomic E-state index is 12.0. The van der Waals surface area contributed by atoms with Gasteiger partial charge in [-0.05, 0) is 25.0 Å². The maximum Gasteiger partial charge on any atom is 0.341 e. The summed E-state index contributed by atoms with van der Waals surface area (Å²) in [5.74, 6) is 0.134. The Morgan fingerprint density at radius 3 is 2.85 bits per heavy atom. The minimum atomic E-state index is -0.483. The van der Waals surface area contributed by atoms with E-state index < -0.39 is 5.97 Å². The number of esters is 1. The van der Waals surface area contributed by atoms with Crippen LogP contribution in [0.25, 0.3) is 11.3 Å². The minimum absolute atomic E-state index is 0.0389. The average molecular weight is 291 g/mol. The molecule has 2 aromatic rings. The van der Waals surface area contributed by atoms with Crippen molar-refractivity contribution in [1.82, 2.24) is 0 Å². The molecule has 1 aliphatic rings. The van der Waals surface area contributed by atoms with Crippen LogP contribution in [0.15, 0.2) is 28.2 Å². The molecule has 0 atom stereocenters. The van der Waals surface area contributed by atoms with Gasteiger partial charge in [0.05, 0.1) is 13.4 Å². The van der Waals surface area contributed by atoms with Gasteiger partial charge >= 0.3 is 5.97 Å². The van der Waals surface area contributed by atoms with Crippen molar-refractivity contribution in [3.05, 3.63) is 29.3 Å². The van der Waals surface area contributed by atoms with Crippen LogP contribution in [0.4, 0.5) is 5.00 Å². The number of carbonyl (C=O) groups excluding carboxylic acids is 2. The third-order valence-corrected chi connectivity index (χ3v) is 4.05. The molecule has 1 aliphatic carbocycles. The van der Waals surface area contributed by atoms with Gasteiger partial charge in [0.25, 0.3) is 0 Å². The molecule has 0 bridgehead atoms. The minimum Gasteiger partial charge on any atom is -0.465 e. The van der Waals surface area contributed by atoms with Crippen LogP contribution in [0.5, 0.6) is 0 Å². The molecule has 0 saturated heterocycles. The van der Waals surface area contributed by atoms with Crippen molar-refractivity contribution in [2.75, 3.05) is 12.4 Å². The first-order chi connectivity index (χ1) is 9.70. The van der Waals surface area contributed by atoms with Crippen molar-refractivity contribution < 1.29 is 18.7 Å². The summed E-state index contributed by atoms with van der Waals surface area (Å²) in [5.41, 5.74) is 0.986. The predicted octanol–water partition coefficient (Wildman–Crippen LogP) is 3.14. The number of hydrogen-bond acceptors (Lipinski definition) is 5. The highest BCUT2D eigenvalue weighted by Crippen LogP contribution is 2.38. The van der Waals surface area contributed by atoms with Crippen LogP contribution >= 0.6 is 11.3 Å². The second-order valence-electron chi connectivity index (χ2n) is 4.59. The number of nitrogens with one attached hydrogen (secondary N) is 1. The van der Waals surface area contributed by atoms with Gasteiger partial charge in [0.2, 0.25) is 5.91 Å². The lowest BCUT2D eigenvalue weighted by Gasteiger charge is -2.06. The molecule has 2 aromatic heterocycles. The molecule has 0 aromatic carbocycles. The molecule has 1 fully saturated rings. The summed E-state index contributed by atoms with van der Waals surface area (Å²) in [6, 6.07) is 3.51. The van der Waals surface area contributed by atoms with E-state index in [0.717, 1.165) is 12.8 Å². The molecular formula is C14H13NO4S. The number of furan rings is 1. The van der Waals surface area contributed by atoms with E-state index in [4.69, 9.17) is 9.15 Å². The highest BCUT2D eigenvalue weighted by atomic mass is 32.1. The lowest BCUT2D eigenvalue weighted by atomic mass is 10.1. The van der Waals surface area contributed by atoms with Crippen LogP contribution < -0.4 is 5.32 Å². The van der Waals surface area contributed by atoms with E-state index in [1.54, 1.807) is 17.5 Å². The SMILES string of the molecule is COC(=O)c1c(-c2ccco2)csc1NC(=O)C1CC1. The quantitative estimate of drug-likeness (QED) is 0.879. The van der Waals surface area contributed by atoms with Gasteiger partial charge in [-0.1, -0.05) is 0 Å². The summed E-state index contributed by atoms with van der Waals surface area (Å²) in [4.78, 5) is 23.8. The zero-order valence-electron chi connectivity index (χ0n) is 10.8. The maximum atomic E-state index is 12.0. The lowest BCUT2D eigenvalue weighted by Crippen LogP contribution is -2.15. The molecule has 6 heteroatoms. The number of anilines is 1. The molecule has 0 spiro atoms. The normalized spacial score (nSPS) is 14.1. The van der Waals surface area contributed by atoms with Crippen molar-refractivity contribution in [2.45, 2.75) is 12.8 Å². The van der Waals surface area contributed by atoms with E-state index in [0.29, 0.717) is 21.9 Å². The van der Waals surface area contributed by atoms with E-state index in [1.807, 2.05) is 0 Å². The molecule has 0 aliphatic heterocycles. The third kappa shape index (κ3) is 2.34. The van der Waals surface area contributed by atoms with Gasteiger partial charge in [-0.15, -0.1) is 11.3 Å². The lowest BCUT2D eigenvalue weighted by molar-refractivity contribution is -0.117. The second kappa shape index (κ2) is 5.13. The van der Waals surface area contributed by atoms with Gasteiger partial charge in [-0.3, -0.25) is 4.79 Å². The molecule has 2 heterocycles. The fraction of sp³-hybridized carbons (Fsp3) is 0.286. The van der Waals surface area contributed by atoms with E-state index >= 15 is 0 Å². The van der Waals surface area contributed by atoms with E-state index in [9.17, 15) is 9.59 Å². The van der Waals surface area contributed by atoms with Crippen molar-refractivity contribution >= 4 is 28.2 Å². The van der Waals surface area contributed by atoms with Crippen LogP contribution in [0.1, 0.15) is 23.2 Å². The molecule has 20 heavy (non-hydrogen) atoms. The monoisotopic (exact) mass is 291 g/mol. The van der Waals surface area contributed by atoms with Crippen molar-refractivity contribution in [2.24, 2.45) is 5.92 Å². The number of thiophene rings is 1. The Kier molecular flexibility index (Phi) is 3.31. The third-order valence-electron chi connectivity index (χ3n) is 3.15. The zero-order valence-corrected chi connectivity index (χ0v) is 11.7. The van der Waals surface area contributed by atoms with Crippen molar-refractivity contribution in [3.8, 4) is 11.3 Å². The van der Waals surface area contributed by atoms with Gasteiger partial charge in [-0.2, -0.15) is 0 Å². The number of amides is 1. The van der Waals surface area contributed by atoms with Gasteiger partial charge < -0.3 is 14.5 Å². The Morgan fingerprint density at radius 2 is 2.25 bits per heavy atom. The number of carbonyl (C=O) groups is 2. The van der Waals surface area contributed by atoms with Gasteiger partial charge in [0.15, 0.2) is 0 Å². The zero-order chi connectivity index (χ0) is 14.1. The van der Waals surface area contributed by atoms with Crippen molar-refractivity contribution in [1.29, 1.82) is 0 Å². The van der Waals surface area contributed by atoms with Crippen LogP contribution in [-0.4, -0.2) is 19.0 Å². The van der Waals surface area contributed by atoms with Gasteiger partial charge in [-0.25, -0.2) is 4.79 Å². The largest absolute Gasteiger partial charge is 0.465 e. The molecule has 104 valence electrons. The fourth-order valence-electron chi connectivity index (χ4n) is 1.93. The standard InChI is InChI=1S/C14H13NO4S/c1-18-14(17)11-9(10-3-2-6-19-10)7-20-13(11)15-12(16)8-4-5-8/h2-3,6-8H,4-5H2,1H3,(H,15,16). The smallest absolute Gasteiger partial charge is 0.341 e. The van der Waals surface area contributed by atoms with E-state index in [-0.39, 0.29) is 11.8 Å². The summed E-state index contributed by atoms with van der Waals surface area (Å²) >= 11 is 1.30.